The number of aryl methyl sites for hydroxylation is 1. The maximum atomic E-state index is 15.0. The number of hydrogen-bond acceptors (Lipinski definition) is 5. The summed E-state index contributed by atoms with van der Waals surface area (Å²) < 4.78 is 56.1. The Morgan fingerprint density at radius 1 is 1.31 bits per heavy atom. The zero-order chi connectivity index (χ0) is 21.2. The van der Waals surface area contributed by atoms with E-state index in [4.69, 9.17) is 5.73 Å². The highest BCUT2D eigenvalue weighted by atomic mass is 19.4. The fraction of sp³-hybridized carbons (Fsp3) is 0.556. The molecular weight excluding hydrogens is 396 g/mol. The molecule has 1 aromatic heterocycles. The Morgan fingerprint density at radius 3 is 2.55 bits per heavy atom. The monoisotopic (exact) mass is 416 g/mol. The summed E-state index contributed by atoms with van der Waals surface area (Å²) in [5.74, 6) is -0.907. The number of fused-ring (bicyclic) bond motifs is 1. The van der Waals surface area contributed by atoms with Gasteiger partial charge in [-0.05, 0) is 32.3 Å². The molecule has 1 saturated carbocycles. The van der Waals surface area contributed by atoms with Gasteiger partial charge in [-0.1, -0.05) is 0 Å². The van der Waals surface area contributed by atoms with E-state index in [0.29, 0.717) is 12.8 Å². The molecule has 0 spiro atoms. The van der Waals surface area contributed by atoms with Crippen molar-refractivity contribution in [1.82, 2.24) is 9.55 Å². The van der Waals surface area contributed by atoms with Crippen molar-refractivity contribution in [2.24, 2.45) is 5.73 Å². The molecule has 2 fully saturated rings. The number of rotatable bonds is 3. The van der Waals surface area contributed by atoms with E-state index in [1.165, 1.54) is 11.5 Å². The SMILES string of the molecule is Cc1c(N2CC(O)CC2C(N)C(F)(F)F)c(F)cc2c(=O)[nH]c(=O)n(C3CC3)c12. The zero-order valence-electron chi connectivity index (χ0n) is 15.5. The van der Waals surface area contributed by atoms with Gasteiger partial charge in [-0.2, -0.15) is 13.2 Å². The fourth-order valence-corrected chi connectivity index (χ4v) is 4.26. The quantitative estimate of drug-likeness (QED) is 0.655. The number of benzene rings is 1. The number of nitrogens with one attached hydrogen (secondary N) is 1. The largest absolute Gasteiger partial charge is 0.405 e. The Labute approximate surface area is 161 Å². The highest BCUT2D eigenvalue weighted by Gasteiger charge is 2.48. The normalized spacial score (nSPS) is 23.8. The average Bonchev–Trinajstić information content (AvgIpc) is 3.37. The number of aromatic amines is 1. The van der Waals surface area contributed by atoms with Crippen LogP contribution in [0.1, 0.15) is 30.9 Å². The number of alkyl halides is 3. The van der Waals surface area contributed by atoms with E-state index in [1.54, 1.807) is 0 Å². The third kappa shape index (κ3) is 3.21. The first-order valence-corrected chi connectivity index (χ1v) is 9.25. The van der Waals surface area contributed by atoms with Crippen LogP contribution < -0.4 is 21.9 Å². The lowest BCUT2D eigenvalue weighted by molar-refractivity contribution is -0.151. The second kappa shape index (κ2) is 6.56. The lowest BCUT2D eigenvalue weighted by Crippen LogP contribution is -2.53. The standard InChI is InChI=1S/C18H20F4N4O3/c1-7-13-10(16(28)24-17(29)26(13)8-2-3-8)5-11(19)14(7)25-6-9(27)4-12(25)15(23)18(20,21)22/h5,8-9,12,15,27H,2-4,6,23H2,1H3,(H,24,28,29). The third-order valence-corrected chi connectivity index (χ3v) is 5.70. The summed E-state index contributed by atoms with van der Waals surface area (Å²) in [5, 5.41) is 9.94. The van der Waals surface area contributed by atoms with E-state index in [9.17, 15) is 27.9 Å². The van der Waals surface area contributed by atoms with Gasteiger partial charge in [0.2, 0.25) is 0 Å². The van der Waals surface area contributed by atoms with Crippen LogP contribution in [0.2, 0.25) is 0 Å². The van der Waals surface area contributed by atoms with Crippen molar-refractivity contribution >= 4 is 16.6 Å². The highest BCUT2D eigenvalue weighted by molar-refractivity contribution is 5.87. The van der Waals surface area contributed by atoms with E-state index >= 15 is 4.39 Å². The summed E-state index contributed by atoms with van der Waals surface area (Å²) in [6.07, 6.45) is -4.72. The van der Waals surface area contributed by atoms with Crippen LogP contribution in [0.15, 0.2) is 15.7 Å². The van der Waals surface area contributed by atoms with E-state index in [1.807, 2.05) is 0 Å². The second-order valence-corrected chi connectivity index (χ2v) is 7.77. The number of anilines is 1. The molecule has 3 atom stereocenters. The van der Waals surface area contributed by atoms with Gasteiger partial charge >= 0.3 is 11.9 Å². The molecule has 0 bridgehead atoms. The fourth-order valence-electron chi connectivity index (χ4n) is 4.26. The predicted molar refractivity (Wildman–Crippen MR) is 97.6 cm³/mol. The van der Waals surface area contributed by atoms with Gasteiger partial charge < -0.3 is 15.7 Å². The van der Waals surface area contributed by atoms with Gasteiger partial charge in [-0.25, -0.2) is 9.18 Å². The Hall–Kier alpha value is -2.40. The smallest absolute Gasteiger partial charge is 0.391 e. The number of halogens is 4. The van der Waals surface area contributed by atoms with Crippen molar-refractivity contribution in [3.05, 3.63) is 38.3 Å². The molecule has 7 nitrogen and oxygen atoms in total. The number of aromatic nitrogens is 2. The number of H-pyrrole nitrogens is 1. The van der Waals surface area contributed by atoms with Gasteiger partial charge in [0.15, 0.2) is 0 Å². The number of aliphatic hydroxyl groups excluding tert-OH is 1. The van der Waals surface area contributed by atoms with Crippen molar-refractivity contribution in [2.45, 2.75) is 56.6 Å². The first kappa shape index (κ1) is 19.9. The molecule has 2 aliphatic rings. The molecule has 4 N–H and O–H groups in total. The van der Waals surface area contributed by atoms with Gasteiger partial charge in [0.1, 0.15) is 11.9 Å². The molecule has 11 heteroatoms. The summed E-state index contributed by atoms with van der Waals surface area (Å²) in [4.78, 5) is 27.9. The van der Waals surface area contributed by atoms with Gasteiger partial charge in [0.05, 0.1) is 28.7 Å². The topological polar surface area (TPSA) is 104 Å². The molecule has 1 aromatic carbocycles. The summed E-state index contributed by atoms with van der Waals surface area (Å²) in [6.45, 7) is 1.22. The van der Waals surface area contributed by atoms with E-state index < -0.39 is 41.4 Å². The van der Waals surface area contributed by atoms with Crippen LogP contribution in [0.4, 0.5) is 23.2 Å². The molecule has 2 heterocycles. The lowest BCUT2D eigenvalue weighted by atomic mass is 10.0. The predicted octanol–water partition coefficient (Wildman–Crippen LogP) is 1.30. The van der Waals surface area contributed by atoms with Gasteiger partial charge in [0.25, 0.3) is 5.56 Å². The average molecular weight is 416 g/mol. The van der Waals surface area contributed by atoms with E-state index in [2.05, 4.69) is 4.98 Å². The molecule has 1 aliphatic heterocycles. The number of β-amino-alcohol motifs (C(OH)–C–C–N with tert-alkyl or cyclic N) is 1. The molecule has 0 radical (unpaired) electrons. The van der Waals surface area contributed by atoms with Crippen molar-refractivity contribution in [3.63, 3.8) is 0 Å². The van der Waals surface area contributed by atoms with Gasteiger partial charge in [-0.15, -0.1) is 0 Å². The minimum Gasteiger partial charge on any atom is -0.391 e. The number of nitrogens with zero attached hydrogens (tertiary/aromatic N) is 2. The molecule has 0 amide bonds. The number of nitrogens with two attached hydrogens (primary N) is 1. The Bertz CT molecular complexity index is 1090. The minimum absolute atomic E-state index is 0.0494. The van der Waals surface area contributed by atoms with Crippen LogP contribution in [-0.2, 0) is 0 Å². The Balaban J connectivity index is 1.95. The van der Waals surface area contributed by atoms with Crippen molar-refractivity contribution in [2.75, 3.05) is 11.4 Å². The van der Waals surface area contributed by atoms with Crippen LogP contribution in [-0.4, -0.2) is 45.6 Å². The third-order valence-electron chi connectivity index (χ3n) is 5.70. The van der Waals surface area contributed by atoms with Gasteiger partial charge in [0, 0.05) is 18.2 Å². The molecule has 29 heavy (non-hydrogen) atoms. The molecule has 158 valence electrons. The summed E-state index contributed by atoms with van der Waals surface area (Å²) in [5.41, 5.74) is 4.16. The highest BCUT2D eigenvalue weighted by Crippen LogP contribution is 2.40. The van der Waals surface area contributed by atoms with Crippen LogP contribution in [0, 0.1) is 12.7 Å². The maximum absolute atomic E-state index is 15.0. The molecule has 3 unspecified atom stereocenters. The first-order valence-electron chi connectivity index (χ1n) is 9.25. The number of hydrogen-bond donors (Lipinski definition) is 3. The lowest BCUT2D eigenvalue weighted by Gasteiger charge is -2.33. The molecule has 1 aliphatic carbocycles. The minimum atomic E-state index is -4.73. The summed E-state index contributed by atoms with van der Waals surface area (Å²) >= 11 is 0. The Kier molecular flexibility index (Phi) is 4.50. The van der Waals surface area contributed by atoms with E-state index in [-0.39, 0.29) is 41.2 Å². The number of aliphatic hydroxyl groups is 1. The molecular formula is C18H20F4N4O3. The Morgan fingerprint density at radius 2 is 1.97 bits per heavy atom. The van der Waals surface area contributed by atoms with Crippen LogP contribution in [0.25, 0.3) is 10.9 Å². The van der Waals surface area contributed by atoms with Gasteiger partial charge in [-0.3, -0.25) is 14.3 Å². The first-order chi connectivity index (χ1) is 13.5. The van der Waals surface area contributed by atoms with Crippen molar-refractivity contribution in [1.29, 1.82) is 0 Å². The summed E-state index contributed by atoms with van der Waals surface area (Å²) in [7, 11) is 0. The van der Waals surface area contributed by atoms with Crippen LogP contribution in [0.3, 0.4) is 0 Å². The van der Waals surface area contributed by atoms with Crippen LogP contribution >= 0.6 is 0 Å². The molecule has 1 saturated heterocycles. The van der Waals surface area contributed by atoms with E-state index in [0.717, 1.165) is 11.0 Å². The summed E-state index contributed by atoms with van der Waals surface area (Å²) in [6, 6.07) is -2.90. The second-order valence-electron chi connectivity index (χ2n) is 7.77. The van der Waals surface area contributed by atoms with Crippen molar-refractivity contribution in [3.8, 4) is 0 Å². The van der Waals surface area contributed by atoms with Crippen LogP contribution in [0.5, 0.6) is 0 Å². The molecule has 2 aromatic rings. The maximum Gasteiger partial charge on any atom is 0.405 e. The molecule has 4 rings (SSSR count). The van der Waals surface area contributed by atoms with Crippen molar-refractivity contribution < 1.29 is 22.7 Å². The zero-order valence-corrected chi connectivity index (χ0v) is 15.5.